The molecular formula is C18H17NO4. The Bertz CT molecular complexity index is 879. The Morgan fingerprint density at radius 3 is 2.91 bits per heavy atom. The number of pyridine rings is 1. The van der Waals surface area contributed by atoms with E-state index in [9.17, 15) is 4.79 Å². The molecule has 0 saturated carbocycles. The molecule has 0 saturated heterocycles. The molecule has 0 N–H and O–H groups in total. The molecule has 0 spiro atoms. The second-order valence-corrected chi connectivity index (χ2v) is 4.85. The first-order valence-electron chi connectivity index (χ1n) is 7.51. The van der Waals surface area contributed by atoms with Gasteiger partial charge in [0.1, 0.15) is 0 Å². The van der Waals surface area contributed by atoms with Crippen LogP contribution in [0.4, 0.5) is 0 Å². The molecule has 0 amide bonds. The van der Waals surface area contributed by atoms with Gasteiger partial charge < -0.3 is 13.9 Å². The highest BCUT2D eigenvalue weighted by Crippen LogP contribution is 2.37. The third-order valence-electron chi connectivity index (χ3n) is 3.41. The minimum Gasteiger partial charge on any atom is -0.490 e. The highest BCUT2D eigenvalue weighted by molar-refractivity contribution is 6.11. The summed E-state index contributed by atoms with van der Waals surface area (Å²) in [6.07, 6.45) is 6.53. The molecule has 0 aliphatic carbocycles. The number of esters is 1. The van der Waals surface area contributed by atoms with E-state index in [2.05, 4.69) is 4.98 Å². The first kappa shape index (κ1) is 15.1. The fourth-order valence-electron chi connectivity index (χ4n) is 2.49. The van der Waals surface area contributed by atoms with E-state index in [1.165, 1.54) is 6.08 Å². The molecule has 0 radical (unpaired) electrons. The van der Waals surface area contributed by atoms with E-state index in [4.69, 9.17) is 13.9 Å². The van der Waals surface area contributed by atoms with Crippen molar-refractivity contribution in [1.82, 2.24) is 4.98 Å². The van der Waals surface area contributed by atoms with Crippen LogP contribution in [0.2, 0.25) is 0 Å². The largest absolute Gasteiger partial charge is 0.490 e. The van der Waals surface area contributed by atoms with Crippen LogP contribution >= 0.6 is 0 Å². The lowest BCUT2D eigenvalue weighted by Gasteiger charge is -2.05. The Morgan fingerprint density at radius 1 is 1.26 bits per heavy atom. The van der Waals surface area contributed by atoms with Crippen molar-refractivity contribution in [3.63, 3.8) is 0 Å². The summed E-state index contributed by atoms with van der Waals surface area (Å²) in [4.78, 5) is 15.6. The summed E-state index contributed by atoms with van der Waals surface area (Å²) < 4.78 is 16.5. The molecule has 23 heavy (non-hydrogen) atoms. The van der Waals surface area contributed by atoms with Gasteiger partial charge in [-0.15, -0.1) is 0 Å². The number of fused-ring (bicyclic) bond motifs is 3. The maximum atomic E-state index is 11.6. The maximum absolute atomic E-state index is 11.6. The molecule has 0 atom stereocenters. The normalized spacial score (nSPS) is 11.4. The number of nitrogens with zero attached hydrogens (tertiary/aromatic N) is 1. The highest BCUT2D eigenvalue weighted by atomic mass is 16.5. The summed E-state index contributed by atoms with van der Waals surface area (Å²) in [5.41, 5.74) is 2.20. The average Bonchev–Trinajstić information content (AvgIpc) is 2.95. The van der Waals surface area contributed by atoms with Crippen LogP contribution in [0.1, 0.15) is 19.4 Å². The van der Waals surface area contributed by atoms with Gasteiger partial charge in [0.2, 0.25) is 0 Å². The van der Waals surface area contributed by atoms with Gasteiger partial charge in [0.25, 0.3) is 0 Å². The number of furan rings is 1. The first-order valence-corrected chi connectivity index (χ1v) is 7.51. The Hall–Kier alpha value is -2.82. The van der Waals surface area contributed by atoms with Crippen molar-refractivity contribution >= 4 is 34.0 Å². The number of hydrogen-bond donors (Lipinski definition) is 0. The van der Waals surface area contributed by atoms with Gasteiger partial charge in [0.15, 0.2) is 16.9 Å². The van der Waals surface area contributed by atoms with E-state index in [1.807, 2.05) is 25.1 Å². The number of ether oxygens (including phenoxy) is 2. The second-order valence-electron chi connectivity index (χ2n) is 4.85. The smallest absolute Gasteiger partial charge is 0.330 e. The summed E-state index contributed by atoms with van der Waals surface area (Å²) in [6, 6.07) is 5.63. The Balaban J connectivity index is 2.18. The minimum absolute atomic E-state index is 0.349. The van der Waals surface area contributed by atoms with Crippen molar-refractivity contribution in [2.75, 3.05) is 13.2 Å². The molecule has 1 aromatic carbocycles. The van der Waals surface area contributed by atoms with Crippen LogP contribution in [0, 0.1) is 0 Å². The van der Waals surface area contributed by atoms with E-state index >= 15 is 0 Å². The zero-order valence-corrected chi connectivity index (χ0v) is 13.0. The lowest BCUT2D eigenvalue weighted by molar-refractivity contribution is -0.137. The lowest BCUT2D eigenvalue weighted by atomic mass is 10.1. The molecule has 0 aliphatic heterocycles. The molecule has 118 valence electrons. The maximum Gasteiger partial charge on any atom is 0.330 e. The van der Waals surface area contributed by atoms with E-state index in [1.54, 1.807) is 25.4 Å². The summed E-state index contributed by atoms with van der Waals surface area (Å²) in [7, 11) is 0. The molecule has 3 rings (SSSR count). The zero-order valence-electron chi connectivity index (χ0n) is 13.0. The highest BCUT2D eigenvalue weighted by Gasteiger charge is 2.14. The quantitative estimate of drug-likeness (QED) is 0.527. The number of carbonyl (C=O) groups excluding carboxylic acids is 1. The molecule has 0 aliphatic rings. The van der Waals surface area contributed by atoms with Crippen LogP contribution in [0.15, 0.2) is 41.1 Å². The monoisotopic (exact) mass is 311 g/mol. The van der Waals surface area contributed by atoms with Gasteiger partial charge in [-0.3, -0.25) is 4.98 Å². The molecule has 0 bridgehead atoms. The van der Waals surface area contributed by atoms with E-state index in [0.717, 1.165) is 16.3 Å². The van der Waals surface area contributed by atoms with Crippen LogP contribution in [0.5, 0.6) is 5.75 Å². The molecule has 3 aromatic rings. The van der Waals surface area contributed by atoms with Crippen molar-refractivity contribution in [1.29, 1.82) is 0 Å². The second kappa shape index (κ2) is 6.52. The van der Waals surface area contributed by atoms with Crippen LogP contribution in [-0.2, 0) is 9.53 Å². The molecule has 5 nitrogen and oxygen atoms in total. The summed E-state index contributed by atoms with van der Waals surface area (Å²) in [6.45, 7) is 4.59. The van der Waals surface area contributed by atoms with Gasteiger partial charge in [0, 0.05) is 23.0 Å². The molecule has 0 unspecified atom stereocenters. The van der Waals surface area contributed by atoms with Crippen molar-refractivity contribution < 1.29 is 18.7 Å². The van der Waals surface area contributed by atoms with Gasteiger partial charge in [-0.25, -0.2) is 4.79 Å². The van der Waals surface area contributed by atoms with Gasteiger partial charge in [-0.05, 0) is 37.6 Å². The van der Waals surface area contributed by atoms with E-state index in [0.29, 0.717) is 30.1 Å². The fourth-order valence-corrected chi connectivity index (χ4v) is 2.49. The lowest BCUT2D eigenvalue weighted by Crippen LogP contribution is -1.98. The molecule has 2 aromatic heterocycles. The first-order chi connectivity index (χ1) is 11.2. The number of carbonyl (C=O) groups is 1. The van der Waals surface area contributed by atoms with Gasteiger partial charge in [-0.1, -0.05) is 6.07 Å². The van der Waals surface area contributed by atoms with E-state index in [-0.39, 0.29) is 5.97 Å². The summed E-state index contributed by atoms with van der Waals surface area (Å²) in [5, 5.41) is 1.83. The van der Waals surface area contributed by atoms with Crippen molar-refractivity contribution in [2.45, 2.75) is 13.8 Å². The average molecular weight is 311 g/mol. The number of aromatic nitrogens is 1. The van der Waals surface area contributed by atoms with Gasteiger partial charge in [0.05, 0.1) is 19.4 Å². The molecule has 2 heterocycles. The van der Waals surface area contributed by atoms with Crippen LogP contribution in [0.25, 0.3) is 28.0 Å². The standard InChI is InChI=1S/C18H17NO4/c1-3-21-14-7-5-12(6-8-16(20)22-4-2)17-13-9-10-19-11-15(13)23-18(14)17/h5-11H,3-4H2,1-2H3. The number of benzene rings is 1. The van der Waals surface area contributed by atoms with Crippen LogP contribution in [-0.4, -0.2) is 24.2 Å². The Labute approximate surface area is 133 Å². The van der Waals surface area contributed by atoms with Crippen molar-refractivity contribution in [3.05, 3.63) is 42.2 Å². The van der Waals surface area contributed by atoms with Crippen LogP contribution < -0.4 is 4.74 Å². The fraction of sp³-hybridized carbons (Fsp3) is 0.222. The third-order valence-corrected chi connectivity index (χ3v) is 3.41. The molecule has 0 fully saturated rings. The van der Waals surface area contributed by atoms with Gasteiger partial charge in [-0.2, -0.15) is 0 Å². The number of hydrogen-bond acceptors (Lipinski definition) is 5. The van der Waals surface area contributed by atoms with Gasteiger partial charge >= 0.3 is 5.97 Å². The predicted molar refractivity (Wildman–Crippen MR) is 88.4 cm³/mol. The third kappa shape index (κ3) is 2.90. The zero-order chi connectivity index (χ0) is 16.2. The summed E-state index contributed by atoms with van der Waals surface area (Å²) >= 11 is 0. The predicted octanol–water partition coefficient (Wildman–Crippen LogP) is 3.96. The van der Waals surface area contributed by atoms with Crippen LogP contribution in [0.3, 0.4) is 0 Å². The SMILES string of the molecule is CCOC(=O)C=Cc1ccc(OCC)c2oc3cnccc3c12. The summed E-state index contributed by atoms with van der Waals surface area (Å²) in [5.74, 6) is 0.302. The minimum atomic E-state index is -0.371. The van der Waals surface area contributed by atoms with Crippen molar-refractivity contribution in [2.24, 2.45) is 0 Å². The Morgan fingerprint density at radius 2 is 2.13 bits per heavy atom. The van der Waals surface area contributed by atoms with E-state index < -0.39 is 0 Å². The molecular weight excluding hydrogens is 294 g/mol. The molecule has 5 heteroatoms. The van der Waals surface area contributed by atoms with Crippen molar-refractivity contribution in [3.8, 4) is 5.75 Å². The Kier molecular flexibility index (Phi) is 4.28. The topological polar surface area (TPSA) is 61.6 Å². The number of rotatable bonds is 5.